The molecule has 0 saturated carbocycles. The molecule has 1 saturated heterocycles. The molecule has 0 aliphatic carbocycles. The van der Waals surface area contributed by atoms with Gasteiger partial charge in [-0.15, -0.1) is 0 Å². The third-order valence-electron chi connectivity index (χ3n) is 2.69. The second kappa shape index (κ2) is 6.45. The highest BCUT2D eigenvalue weighted by Crippen LogP contribution is 2.15. The van der Waals surface area contributed by atoms with Gasteiger partial charge >= 0.3 is 0 Å². The molecule has 1 fully saturated rings. The molecule has 1 aliphatic heterocycles. The monoisotopic (exact) mass is 330 g/mol. The Balaban J connectivity index is 1.79. The predicted molar refractivity (Wildman–Crippen MR) is 77.0 cm³/mol. The van der Waals surface area contributed by atoms with Crippen molar-refractivity contribution in [1.82, 2.24) is 5.32 Å². The van der Waals surface area contributed by atoms with E-state index in [4.69, 9.17) is 0 Å². The molecule has 1 heterocycles. The lowest BCUT2D eigenvalue weighted by Gasteiger charge is -2.26. The molecule has 1 aromatic rings. The highest BCUT2D eigenvalue weighted by Gasteiger charge is 2.20. The van der Waals surface area contributed by atoms with Crippen molar-refractivity contribution >= 4 is 38.3 Å². The average Bonchev–Trinajstić information content (AvgIpc) is 2.23. The third-order valence-corrected chi connectivity index (χ3v) is 4.61. The third kappa shape index (κ3) is 4.19. The molecule has 0 aromatic heterocycles. The van der Waals surface area contributed by atoms with Gasteiger partial charge in [-0.1, -0.05) is 22.0 Å². The van der Waals surface area contributed by atoms with Gasteiger partial charge in [0.1, 0.15) is 5.75 Å². The normalized spacial score (nSPS) is 16.9. The Labute approximate surface area is 117 Å². The summed E-state index contributed by atoms with van der Waals surface area (Å²) in [5.41, 5.74) is 0.719. The molecule has 2 N–H and O–H groups in total. The van der Waals surface area contributed by atoms with Gasteiger partial charge in [0.15, 0.2) is 0 Å². The van der Waals surface area contributed by atoms with Crippen molar-refractivity contribution in [3.63, 3.8) is 0 Å². The summed E-state index contributed by atoms with van der Waals surface area (Å²) in [6, 6.07) is 7.35. The van der Waals surface area contributed by atoms with Crippen molar-refractivity contribution in [3.05, 3.63) is 28.7 Å². The second-order valence-electron chi connectivity index (χ2n) is 4.33. The van der Waals surface area contributed by atoms with E-state index in [9.17, 15) is 9.00 Å². The van der Waals surface area contributed by atoms with E-state index >= 15 is 0 Å². The number of nitrogens with one attached hydrogen (secondary N) is 2. The lowest BCUT2D eigenvalue weighted by atomic mass is 10.1. The summed E-state index contributed by atoms with van der Waals surface area (Å²) in [5.74, 6) is 0.949. The maximum Gasteiger partial charge on any atom is 0.236 e. The summed E-state index contributed by atoms with van der Waals surface area (Å²) in [7, 11) is -1.07. The van der Waals surface area contributed by atoms with E-state index in [1.165, 1.54) is 0 Å². The van der Waals surface area contributed by atoms with Gasteiger partial charge in [-0.2, -0.15) is 0 Å². The van der Waals surface area contributed by atoms with E-state index < -0.39 is 10.8 Å². The lowest BCUT2D eigenvalue weighted by molar-refractivity contribution is -0.113. The van der Waals surface area contributed by atoms with Crippen molar-refractivity contribution in [2.24, 2.45) is 5.92 Å². The standard InChI is InChI=1S/C12H15BrN2O2S/c13-10-2-1-3-11(4-10)15-12(16)8-18(17)7-9-5-14-6-9/h1-4,9,14H,5-8H2,(H,15,16). The zero-order valence-electron chi connectivity index (χ0n) is 9.82. The van der Waals surface area contributed by atoms with Gasteiger partial charge < -0.3 is 10.6 Å². The van der Waals surface area contributed by atoms with Crippen molar-refractivity contribution in [2.75, 3.05) is 29.9 Å². The Morgan fingerprint density at radius 2 is 2.28 bits per heavy atom. The molecule has 2 rings (SSSR count). The topological polar surface area (TPSA) is 58.2 Å². The Hall–Kier alpha value is -0.720. The number of hydrogen-bond donors (Lipinski definition) is 2. The van der Waals surface area contributed by atoms with Gasteiger partial charge in [0.05, 0.1) is 0 Å². The molecule has 0 bridgehead atoms. The van der Waals surface area contributed by atoms with Crippen molar-refractivity contribution in [1.29, 1.82) is 0 Å². The molecule has 1 atom stereocenters. The second-order valence-corrected chi connectivity index (χ2v) is 6.75. The van der Waals surface area contributed by atoms with Crippen LogP contribution in [0.2, 0.25) is 0 Å². The highest BCUT2D eigenvalue weighted by molar-refractivity contribution is 9.10. The Morgan fingerprint density at radius 3 is 2.89 bits per heavy atom. The minimum absolute atomic E-state index is 0.0724. The van der Waals surface area contributed by atoms with E-state index in [0.29, 0.717) is 11.7 Å². The number of carbonyl (C=O) groups excluding carboxylic acids is 1. The minimum atomic E-state index is -1.07. The molecule has 1 amide bonds. The molecular weight excluding hydrogens is 316 g/mol. The minimum Gasteiger partial charge on any atom is -0.325 e. The molecule has 1 aromatic carbocycles. The summed E-state index contributed by atoms with van der Waals surface area (Å²) in [4.78, 5) is 11.7. The molecule has 1 unspecified atom stereocenters. The van der Waals surface area contributed by atoms with Crippen LogP contribution < -0.4 is 10.6 Å². The maximum atomic E-state index is 11.7. The first kappa shape index (κ1) is 13.7. The van der Waals surface area contributed by atoms with Crippen LogP contribution in [-0.2, 0) is 15.6 Å². The first-order valence-electron chi connectivity index (χ1n) is 5.74. The molecule has 1 aliphatic rings. The summed E-state index contributed by atoms with van der Waals surface area (Å²) < 4.78 is 12.6. The number of halogens is 1. The fourth-order valence-electron chi connectivity index (χ4n) is 1.70. The fraction of sp³-hybridized carbons (Fsp3) is 0.417. The van der Waals surface area contributed by atoms with Crippen molar-refractivity contribution in [2.45, 2.75) is 0 Å². The number of rotatable bonds is 5. The summed E-state index contributed by atoms with van der Waals surface area (Å²) >= 11 is 3.33. The average molecular weight is 331 g/mol. The first-order chi connectivity index (χ1) is 8.63. The van der Waals surface area contributed by atoms with Gasteiger partial charge in [0.2, 0.25) is 5.91 Å². The predicted octanol–water partition coefficient (Wildman–Crippen LogP) is 1.36. The van der Waals surface area contributed by atoms with Crippen LogP contribution in [0.4, 0.5) is 5.69 Å². The van der Waals surface area contributed by atoms with Crippen LogP contribution in [-0.4, -0.2) is 34.7 Å². The van der Waals surface area contributed by atoms with E-state index in [2.05, 4.69) is 26.6 Å². The Morgan fingerprint density at radius 1 is 1.50 bits per heavy atom. The lowest BCUT2D eigenvalue weighted by Crippen LogP contribution is -2.45. The SMILES string of the molecule is O=C(CS(=O)CC1CNC1)Nc1cccc(Br)c1. The number of hydrogen-bond acceptors (Lipinski definition) is 3. The van der Waals surface area contributed by atoms with Crippen LogP contribution in [0, 0.1) is 5.92 Å². The van der Waals surface area contributed by atoms with Crippen LogP contribution in [0.3, 0.4) is 0 Å². The van der Waals surface area contributed by atoms with E-state index in [1.54, 1.807) is 6.07 Å². The zero-order valence-corrected chi connectivity index (χ0v) is 12.2. The van der Waals surface area contributed by atoms with Gasteiger partial charge in [-0.05, 0) is 24.1 Å². The van der Waals surface area contributed by atoms with Gasteiger partial charge in [0, 0.05) is 39.8 Å². The summed E-state index contributed by atoms with van der Waals surface area (Å²) in [5, 5.41) is 5.87. The molecular formula is C12H15BrN2O2S. The summed E-state index contributed by atoms with van der Waals surface area (Å²) in [6.45, 7) is 1.83. The Bertz CT molecular complexity index is 463. The number of anilines is 1. The van der Waals surface area contributed by atoms with Crippen LogP contribution in [0.25, 0.3) is 0 Å². The number of carbonyl (C=O) groups is 1. The van der Waals surface area contributed by atoms with Gasteiger partial charge in [0.25, 0.3) is 0 Å². The van der Waals surface area contributed by atoms with Crippen LogP contribution in [0.1, 0.15) is 0 Å². The number of amides is 1. The van der Waals surface area contributed by atoms with Crippen LogP contribution in [0.5, 0.6) is 0 Å². The highest BCUT2D eigenvalue weighted by atomic mass is 79.9. The van der Waals surface area contributed by atoms with Crippen molar-refractivity contribution in [3.8, 4) is 0 Å². The molecule has 98 valence electrons. The molecule has 0 spiro atoms. The van der Waals surface area contributed by atoms with E-state index in [-0.39, 0.29) is 11.7 Å². The number of benzene rings is 1. The quantitative estimate of drug-likeness (QED) is 0.856. The maximum absolute atomic E-state index is 11.7. The molecule has 4 nitrogen and oxygen atoms in total. The molecule has 6 heteroatoms. The smallest absolute Gasteiger partial charge is 0.236 e. The Kier molecular flexibility index (Phi) is 4.91. The van der Waals surface area contributed by atoms with Crippen LogP contribution in [0.15, 0.2) is 28.7 Å². The van der Waals surface area contributed by atoms with E-state index in [0.717, 1.165) is 23.2 Å². The molecule has 0 radical (unpaired) electrons. The first-order valence-corrected chi connectivity index (χ1v) is 8.02. The van der Waals surface area contributed by atoms with Crippen LogP contribution >= 0.6 is 15.9 Å². The fourth-order valence-corrected chi connectivity index (χ4v) is 3.34. The van der Waals surface area contributed by atoms with Crippen molar-refractivity contribution < 1.29 is 9.00 Å². The zero-order chi connectivity index (χ0) is 13.0. The summed E-state index contributed by atoms with van der Waals surface area (Å²) in [6.07, 6.45) is 0. The molecule has 18 heavy (non-hydrogen) atoms. The van der Waals surface area contributed by atoms with Gasteiger partial charge in [-0.3, -0.25) is 9.00 Å². The van der Waals surface area contributed by atoms with E-state index in [1.807, 2.05) is 18.2 Å². The van der Waals surface area contributed by atoms with Gasteiger partial charge in [-0.25, -0.2) is 0 Å². The largest absolute Gasteiger partial charge is 0.325 e.